The van der Waals surface area contributed by atoms with Gasteiger partial charge in [-0.3, -0.25) is 4.79 Å². The van der Waals surface area contributed by atoms with Gasteiger partial charge in [-0.05, 0) is 43.7 Å². The normalized spacial score (nSPS) is 10.8. The molecular weight excluding hydrogens is 436 g/mol. The van der Waals surface area contributed by atoms with Crippen molar-refractivity contribution >= 4 is 22.6 Å². The van der Waals surface area contributed by atoms with Crippen LogP contribution >= 0.6 is 0 Å². The molecule has 4 aromatic rings. The quantitative estimate of drug-likeness (QED) is 0.437. The summed E-state index contributed by atoms with van der Waals surface area (Å²) in [7, 11) is 6.12. The number of aromatic nitrogens is 3. The average molecular weight is 463 g/mol. The number of methoxy groups -OCH3 is 4. The van der Waals surface area contributed by atoms with Crippen molar-refractivity contribution in [2.24, 2.45) is 0 Å². The van der Waals surface area contributed by atoms with E-state index in [9.17, 15) is 4.79 Å². The van der Waals surface area contributed by atoms with Crippen LogP contribution < -0.4 is 24.3 Å². The molecule has 9 nitrogen and oxygen atoms in total. The summed E-state index contributed by atoms with van der Waals surface area (Å²) in [6.07, 6.45) is 0. The maximum Gasteiger partial charge on any atom is 0.257 e. The Morgan fingerprint density at radius 3 is 2.18 bits per heavy atom. The molecule has 176 valence electrons. The van der Waals surface area contributed by atoms with E-state index in [1.807, 2.05) is 38.1 Å². The Hall–Kier alpha value is -4.27. The van der Waals surface area contributed by atoms with Gasteiger partial charge < -0.3 is 24.3 Å². The fraction of sp³-hybridized carbons (Fsp3) is 0.240. The molecule has 1 amide bonds. The Balaban J connectivity index is 1.75. The Bertz CT molecular complexity index is 1350. The van der Waals surface area contributed by atoms with Gasteiger partial charge in [0.2, 0.25) is 5.75 Å². The highest BCUT2D eigenvalue weighted by Crippen LogP contribution is 2.38. The fourth-order valence-corrected chi connectivity index (χ4v) is 3.81. The molecule has 0 bridgehead atoms. The molecule has 0 aliphatic rings. The first-order valence-electron chi connectivity index (χ1n) is 10.5. The van der Waals surface area contributed by atoms with Gasteiger partial charge in [-0.2, -0.15) is 9.78 Å². The molecule has 0 fully saturated rings. The summed E-state index contributed by atoms with van der Waals surface area (Å²) >= 11 is 0. The van der Waals surface area contributed by atoms with E-state index in [2.05, 4.69) is 10.4 Å². The summed E-state index contributed by atoms with van der Waals surface area (Å²) in [6.45, 7) is 3.84. The lowest BCUT2D eigenvalue weighted by Gasteiger charge is -2.15. The Kier molecular flexibility index (Phi) is 6.27. The minimum Gasteiger partial charge on any atom is -0.494 e. The summed E-state index contributed by atoms with van der Waals surface area (Å²) in [4.78, 5) is 18.0. The van der Waals surface area contributed by atoms with E-state index in [4.69, 9.17) is 23.9 Å². The van der Waals surface area contributed by atoms with E-state index in [0.29, 0.717) is 40.2 Å². The number of nitrogens with one attached hydrogen (secondary N) is 1. The number of anilines is 1. The average Bonchev–Trinajstić information content (AvgIpc) is 3.22. The van der Waals surface area contributed by atoms with Crippen molar-refractivity contribution < 1.29 is 23.7 Å². The number of benzene rings is 2. The van der Waals surface area contributed by atoms with E-state index >= 15 is 0 Å². The first-order valence-corrected chi connectivity index (χ1v) is 10.5. The number of hydrogen-bond donors (Lipinski definition) is 1. The smallest absolute Gasteiger partial charge is 0.257 e. The number of carbonyl (C=O) groups is 1. The van der Waals surface area contributed by atoms with Crippen LogP contribution in [0.15, 0.2) is 42.5 Å². The fourth-order valence-electron chi connectivity index (χ4n) is 3.81. The van der Waals surface area contributed by atoms with Crippen LogP contribution in [-0.4, -0.2) is 49.1 Å². The largest absolute Gasteiger partial charge is 0.494 e. The summed E-state index contributed by atoms with van der Waals surface area (Å²) in [5.74, 6) is 2.50. The third-order valence-corrected chi connectivity index (χ3v) is 5.43. The first kappa shape index (κ1) is 22.9. The molecule has 0 spiro atoms. The molecule has 2 aromatic heterocycles. The molecule has 0 saturated carbocycles. The van der Waals surface area contributed by atoms with Crippen LogP contribution in [0.2, 0.25) is 0 Å². The Morgan fingerprint density at radius 2 is 1.56 bits per heavy atom. The van der Waals surface area contributed by atoms with E-state index in [0.717, 1.165) is 22.2 Å². The second-order valence-electron chi connectivity index (χ2n) is 7.60. The first-order chi connectivity index (χ1) is 16.4. The van der Waals surface area contributed by atoms with Gasteiger partial charge in [0.15, 0.2) is 17.3 Å². The minimum absolute atomic E-state index is 0.337. The maximum atomic E-state index is 13.2. The van der Waals surface area contributed by atoms with Gasteiger partial charge in [0, 0.05) is 17.0 Å². The second-order valence-corrected chi connectivity index (χ2v) is 7.60. The lowest BCUT2D eigenvalue weighted by molar-refractivity contribution is 0.102. The summed E-state index contributed by atoms with van der Waals surface area (Å²) in [5.41, 5.74) is 2.79. The molecule has 2 heterocycles. The van der Waals surface area contributed by atoms with E-state index in [-0.39, 0.29) is 5.91 Å². The number of para-hydroxylation sites is 1. The van der Waals surface area contributed by atoms with Crippen LogP contribution in [-0.2, 0) is 0 Å². The maximum absolute atomic E-state index is 13.2. The van der Waals surface area contributed by atoms with Crippen molar-refractivity contribution in [1.82, 2.24) is 14.8 Å². The van der Waals surface area contributed by atoms with Crippen molar-refractivity contribution in [3.8, 4) is 28.8 Å². The molecule has 4 rings (SSSR count). The molecule has 34 heavy (non-hydrogen) atoms. The van der Waals surface area contributed by atoms with Gasteiger partial charge in [0.25, 0.3) is 5.91 Å². The summed E-state index contributed by atoms with van der Waals surface area (Å²) in [5, 5.41) is 8.46. The molecule has 0 aliphatic carbocycles. The lowest BCUT2D eigenvalue weighted by atomic mass is 10.1. The standard InChI is InChI=1S/C25H26N4O5/c1-14-10-21(26-23-17(14)8-7-9-18(23)31-3)29-22(11-15(2)28-29)27-25(30)16-12-19(32-4)24(34-6)20(13-16)33-5/h7-13H,1-6H3,(H,27,30). The number of hydrogen-bond acceptors (Lipinski definition) is 7. The van der Waals surface area contributed by atoms with Crippen LogP contribution in [0.25, 0.3) is 16.7 Å². The van der Waals surface area contributed by atoms with Gasteiger partial charge in [0.05, 0.1) is 34.1 Å². The monoisotopic (exact) mass is 462 g/mol. The molecular formula is C25H26N4O5. The number of aryl methyl sites for hydroxylation is 2. The molecule has 9 heteroatoms. The molecule has 1 N–H and O–H groups in total. The molecule has 0 atom stereocenters. The topological polar surface area (TPSA) is 96.7 Å². The van der Waals surface area contributed by atoms with E-state index in [1.165, 1.54) is 21.3 Å². The second kappa shape index (κ2) is 9.30. The van der Waals surface area contributed by atoms with Crippen molar-refractivity contribution in [3.63, 3.8) is 0 Å². The van der Waals surface area contributed by atoms with Crippen LogP contribution in [0.3, 0.4) is 0 Å². The number of carbonyl (C=O) groups excluding carboxylic acids is 1. The van der Waals surface area contributed by atoms with Crippen LogP contribution in [0.5, 0.6) is 23.0 Å². The molecule has 0 aliphatic heterocycles. The summed E-state index contributed by atoms with van der Waals surface area (Å²) in [6, 6.07) is 12.7. The van der Waals surface area contributed by atoms with Crippen molar-refractivity contribution in [2.75, 3.05) is 33.8 Å². The SMILES string of the molecule is COc1cc(C(=O)Nc2cc(C)nn2-c2cc(C)c3cccc(OC)c3n2)cc(OC)c1OC. The minimum atomic E-state index is -0.365. The van der Waals surface area contributed by atoms with E-state index < -0.39 is 0 Å². The number of amides is 1. The Morgan fingerprint density at radius 1 is 0.882 bits per heavy atom. The highest BCUT2D eigenvalue weighted by Gasteiger charge is 2.20. The van der Waals surface area contributed by atoms with Crippen LogP contribution in [0.1, 0.15) is 21.6 Å². The summed E-state index contributed by atoms with van der Waals surface area (Å²) < 4.78 is 23.2. The lowest BCUT2D eigenvalue weighted by Crippen LogP contribution is -2.16. The van der Waals surface area contributed by atoms with E-state index in [1.54, 1.807) is 30.0 Å². The Labute approximate surface area is 197 Å². The number of pyridine rings is 1. The highest BCUT2D eigenvalue weighted by atomic mass is 16.5. The van der Waals surface area contributed by atoms with Gasteiger partial charge in [-0.15, -0.1) is 0 Å². The van der Waals surface area contributed by atoms with Crippen molar-refractivity contribution in [2.45, 2.75) is 13.8 Å². The molecule has 0 saturated heterocycles. The molecule has 0 radical (unpaired) electrons. The zero-order chi connectivity index (χ0) is 24.4. The third-order valence-electron chi connectivity index (χ3n) is 5.43. The van der Waals surface area contributed by atoms with Gasteiger partial charge in [-0.25, -0.2) is 4.98 Å². The van der Waals surface area contributed by atoms with Crippen molar-refractivity contribution in [3.05, 3.63) is 59.3 Å². The zero-order valence-corrected chi connectivity index (χ0v) is 19.9. The van der Waals surface area contributed by atoms with Gasteiger partial charge in [-0.1, -0.05) is 12.1 Å². The zero-order valence-electron chi connectivity index (χ0n) is 19.9. The molecule has 0 unspecified atom stereocenters. The number of fused-ring (bicyclic) bond motifs is 1. The predicted molar refractivity (Wildman–Crippen MR) is 129 cm³/mol. The molecule has 2 aromatic carbocycles. The highest BCUT2D eigenvalue weighted by molar-refractivity contribution is 6.05. The van der Waals surface area contributed by atoms with Crippen LogP contribution in [0, 0.1) is 13.8 Å². The third kappa shape index (κ3) is 4.07. The van der Waals surface area contributed by atoms with Gasteiger partial charge in [0.1, 0.15) is 17.1 Å². The number of rotatable bonds is 7. The number of nitrogens with zero attached hydrogens (tertiary/aromatic N) is 3. The van der Waals surface area contributed by atoms with Gasteiger partial charge >= 0.3 is 0 Å². The van der Waals surface area contributed by atoms with Crippen LogP contribution in [0.4, 0.5) is 5.82 Å². The van der Waals surface area contributed by atoms with Crippen molar-refractivity contribution in [1.29, 1.82) is 0 Å². The number of ether oxygens (including phenoxy) is 4. The predicted octanol–water partition coefficient (Wildman–Crippen LogP) is 4.32.